The first-order valence-electron chi connectivity index (χ1n) is 13.8. The third-order valence-electron chi connectivity index (χ3n) is 7.78. The van der Waals surface area contributed by atoms with Crippen LogP contribution in [0.3, 0.4) is 0 Å². The van der Waals surface area contributed by atoms with Crippen LogP contribution in [0.1, 0.15) is 79.5 Å². The topological polar surface area (TPSA) is 83.9 Å². The van der Waals surface area contributed by atoms with Gasteiger partial charge in [-0.1, -0.05) is 12.1 Å². The number of nitrogens with one attached hydrogen (secondary N) is 1. The van der Waals surface area contributed by atoms with Crippen LogP contribution >= 0.6 is 0 Å². The predicted molar refractivity (Wildman–Crippen MR) is 139 cm³/mol. The van der Waals surface area contributed by atoms with Crippen molar-refractivity contribution in [2.75, 3.05) is 38.2 Å². The van der Waals surface area contributed by atoms with Crippen molar-refractivity contribution in [2.45, 2.75) is 76.0 Å². The highest BCUT2D eigenvalue weighted by molar-refractivity contribution is 5.76. The number of nitrogens with zero attached hydrogens (tertiary/aromatic N) is 2. The molecule has 0 spiro atoms. The van der Waals surface area contributed by atoms with Gasteiger partial charge in [0.05, 0.1) is 12.2 Å². The number of carbonyl (C=O) groups is 1. The second-order valence-corrected chi connectivity index (χ2v) is 10.4. The molecule has 7 nitrogen and oxygen atoms in total. The van der Waals surface area contributed by atoms with Crippen LogP contribution in [0, 0.1) is 5.82 Å². The van der Waals surface area contributed by atoms with Crippen LogP contribution in [0.15, 0.2) is 30.3 Å². The molecule has 37 heavy (non-hydrogen) atoms. The second-order valence-electron chi connectivity index (χ2n) is 10.4. The zero-order valence-electron chi connectivity index (χ0n) is 21.5. The third kappa shape index (κ3) is 6.48. The van der Waals surface area contributed by atoms with Crippen molar-refractivity contribution >= 4 is 11.8 Å². The molecule has 0 aliphatic carbocycles. The third-order valence-corrected chi connectivity index (χ3v) is 7.78. The van der Waals surface area contributed by atoms with Gasteiger partial charge in [0.1, 0.15) is 17.7 Å². The van der Waals surface area contributed by atoms with Gasteiger partial charge in [-0.15, -0.1) is 0 Å². The average Bonchev–Trinajstić information content (AvgIpc) is 3.37. The van der Waals surface area contributed by atoms with Crippen molar-refractivity contribution < 1.29 is 23.8 Å². The molecule has 1 aromatic carbocycles. The zero-order valence-corrected chi connectivity index (χ0v) is 21.5. The summed E-state index contributed by atoms with van der Waals surface area (Å²) in [6, 6.07) is 7.90. The van der Waals surface area contributed by atoms with Crippen molar-refractivity contribution in [3.8, 4) is 0 Å². The van der Waals surface area contributed by atoms with Crippen LogP contribution in [0.5, 0.6) is 0 Å². The van der Waals surface area contributed by atoms with Crippen molar-refractivity contribution in [1.82, 2.24) is 9.88 Å². The number of rotatable bonds is 10. The van der Waals surface area contributed by atoms with Gasteiger partial charge in [0, 0.05) is 38.5 Å². The highest BCUT2D eigenvalue weighted by Gasteiger charge is 2.36. The van der Waals surface area contributed by atoms with Gasteiger partial charge in [0.15, 0.2) is 0 Å². The molecule has 3 aliphatic rings. The molecule has 3 unspecified atom stereocenters. The van der Waals surface area contributed by atoms with Crippen molar-refractivity contribution in [2.24, 2.45) is 0 Å². The highest BCUT2D eigenvalue weighted by Crippen LogP contribution is 2.36. The number of likely N-dealkylation sites (tertiary alicyclic amines) is 1. The Morgan fingerprint density at radius 2 is 2.14 bits per heavy atom. The summed E-state index contributed by atoms with van der Waals surface area (Å²) in [7, 11) is 0. The minimum atomic E-state index is -0.963. The van der Waals surface area contributed by atoms with E-state index in [2.05, 4.69) is 17.4 Å². The largest absolute Gasteiger partial charge is 0.480 e. The number of unbranched alkanes of at least 4 members (excludes halogenated alkanes) is 1. The number of aromatic nitrogens is 1. The molecule has 2 aromatic rings. The molecule has 0 saturated carbocycles. The Labute approximate surface area is 218 Å². The fraction of sp³-hybridized carbons (Fsp3) is 0.586. The van der Waals surface area contributed by atoms with E-state index in [-0.39, 0.29) is 12.2 Å². The maximum absolute atomic E-state index is 14.3. The normalized spacial score (nSPS) is 22.8. The van der Waals surface area contributed by atoms with Crippen LogP contribution in [0.2, 0.25) is 0 Å². The molecule has 1 aromatic heterocycles. The van der Waals surface area contributed by atoms with E-state index in [9.17, 15) is 14.3 Å². The first-order valence-corrected chi connectivity index (χ1v) is 13.8. The number of benzene rings is 1. The number of ether oxygens (including phenoxy) is 2. The molecule has 2 N–H and O–H groups in total. The summed E-state index contributed by atoms with van der Waals surface area (Å²) in [5.41, 5.74) is 3.72. The van der Waals surface area contributed by atoms with Crippen molar-refractivity contribution in [3.05, 3.63) is 58.5 Å². The van der Waals surface area contributed by atoms with Gasteiger partial charge in [-0.05, 0) is 92.7 Å². The Kier molecular flexibility index (Phi) is 8.69. The van der Waals surface area contributed by atoms with E-state index in [4.69, 9.17) is 14.5 Å². The lowest BCUT2D eigenvalue weighted by molar-refractivity contribution is -0.143. The van der Waals surface area contributed by atoms with Crippen molar-refractivity contribution in [1.29, 1.82) is 0 Å². The Hall–Kier alpha value is -2.55. The molecule has 0 bridgehead atoms. The molecule has 0 radical (unpaired) electrons. The number of carboxylic acids is 1. The van der Waals surface area contributed by atoms with E-state index in [0.29, 0.717) is 31.9 Å². The van der Waals surface area contributed by atoms with Crippen molar-refractivity contribution in [3.63, 3.8) is 0 Å². The van der Waals surface area contributed by atoms with Crippen LogP contribution < -0.4 is 5.32 Å². The maximum Gasteiger partial charge on any atom is 0.325 e. The summed E-state index contributed by atoms with van der Waals surface area (Å²) < 4.78 is 26.3. The minimum Gasteiger partial charge on any atom is -0.480 e. The standard InChI is InChI=1S/C29H38FN3O4/c30-21-10-12-24(26-8-2-4-17-37-26)25(18-21)27(29(34)35)33-15-13-23(19-33)36-16-3-1-7-22-11-9-20-6-5-14-31-28(20)32-22/h9-12,18,23,26-27H,1-8,13-17,19H2,(H,31,32)(H,34,35). The number of carboxylic acid groups (broad SMARTS) is 1. The van der Waals surface area contributed by atoms with Crippen LogP contribution in [0.25, 0.3) is 0 Å². The highest BCUT2D eigenvalue weighted by atomic mass is 19.1. The van der Waals surface area contributed by atoms with E-state index in [1.54, 1.807) is 6.07 Å². The van der Waals surface area contributed by atoms with E-state index in [1.165, 1.54) is 17.7 Å². The summed E-state index contributed by atoms with van der Waals surface area (Å²) in [4.78, 5) is 19.1. The van der Waals surface area contributed by atoms with Gasteiger partial charge < -0.3 is 19.9 Å². The maximum atomic E-state index is 14.3. The number of hydrogen-bond donors (Lipinski definition) is 2. The molecule has 0 amide bonds. The van der Waals surface area contributed by atoms with Gasteiger partial charge in [0.2, 0.25) is 0 Å². The van der Waals surface area contributed by atoms with E-state index >= 15 is 0 Å². The average molecular weight is 512 g/mol. The van der Waals surface area contributed by atoms with Gasteiger partial charge in [-0.25, -0.2) is 9.37 Å². The van der Waals surface area contributed by atoms with E-state index in [0.717, 1.165) is 81.4 Å². The molecule has 2 saturated heterocycles. The van der Waals surface area contributed by atoms with Gasteiger partial charge in [0.25, 0.3) is 0 Å². The molecule has 4 heterocycles. The number of halogens is 1. The van der Waals surface area contributed by atoms with Gasteiger partial charge in [-0.2, -0.15) is 0 Å². The number of pyridine rings is 1. The molecule has 5 rings (SSSR count). The lowest BCUT2D eigenvalue weighted by Gasteiger charge is -2.30. The Morgan fingerprint density at radius 1 is 1.22 bits per heavy atom. The number of hydrogen-bond acceptors (Lipinski definition) is 6. The Balaban J connectivity index is 1.13. The first kappa shape index (κ1) is 26.1. The molecule has 3 aliphatic heterocycles. The first-order chi connectivity index (χ1) is 18.1. The summed E-state index contributed by atoms with van der Waals surface area (Å²) >= 11 is 0. The quantitative estimate of drug-likeness (QED) is 0.432. The summed E-state index contributed by atoms with van der Waals surface area (Å²) in [6.45, 7) is 3.41. The van der Waals surface area contributed by atoms with Crippen LogP contribution in [-0.2, 0) is 27.1 Å². The monoisotopic (exact) mass is 511 g/mol. The lowest BCUT2D eigenvalue weighted by Crippen LogP contribution is -2.34. The van der Waals surface area contributed by atoms with Crippen LogP contribution in [0.4, 0.5) is 10.2 Å². The van der Waals surface area contributed by atoms with Crippen LogP contribution in [-0.4, -0.2) is 59.9 Å². The smallest absolute Gasteiger partial charge is 0.325 e. The summed E-state index contributed by atoms with van der Waals surface area (Å²) in [5.74, 6) is -0.345. The molecule has 3 atom stereocenters. The Bertz CT molecular complexity index is 1080. The predicted octanol–water partition coefficient (Wildman–Crippen LogP) is 5.06. The lowest BCUT2D eigenvalue weighted by atomic mass is 9.92. The van der Waals surface area contributed by atoms with Gasteiger partial charge >= 0.3 is 5.97 Å². The minimum absolute atomic E-state index is 0.0177. The molecular formula is C29H38FN3O4. The SMILES string of the molecule is O=C(O)C(c1cc(F)ccc1C1CCCCO1)N1CCC(OCCCCc2ccc3c(n2)NCCC3)C1. The molecule has 2 fully saturated rings. The summed E-state index contributed by atoms with van der Waals surface area (Å²) in [6.07, 6.45) is 8.53. The Morgan fingerprint density at radius 3 is 2.97 bits per heavy atom. The molecular weight excluding hydrogens is 473 g/mol. The summed E-state index contributed by atoms with van der Waals surface area (Å²) in [5, 5.41) is 13.5. The zero-order chi connectivity index (χ0) is 25.6. The molecule has 8 heteroatoms. The second kappa shape index (κ2) is 12.3. The fourth-order valence-electron chi connectivity index (χ4n) is 5.84. The van der Waals surface area contributed by atoms with E-state index in [1.807, 2.05) is 4.90 Å². The van der Waals surface area contributed by atoms with Gasteiger partial charge in [-0.3, -0.25) is 9.69 Å². The number of anilines is 1. The number of aliphatic carboxylic acids is 1. The number of aryl methyl sites for hydroxylation is 2. The molecule has 200 valence electrons. The number of fused-ring (bicyclic) bond motifs is 1. The fourth-order valence-corrected chi connectivity index (χ4v) is 5.84. The van der Waals surface area contributed by atoms with E-state index < -0.39 is 17.8 Å².